The van der Waals surface area contributed by atoms with Crippen molar-refractivity contribution in [1.82, 2.24) is 5.32 Å². The summed E-state index contributed by atoms with van der Waals surface area (Å²) in [7, 11) is 0. The summed E-state index contributed by atoms with van der Waals surface area (Å²) in [5.41, 5.74) is 15.9. The minimum atomic E-state index is -1.75. The van der Waals surface area contributed by atoms with Gasteiger partial charge in [0.05, 0.1) is 18.7 Å². The molecule has 26 heavy (non-hydrogen) atoms. The van der Waals surface area contributed by atoms with Crippen molar-refractivity contribution in [3.8, 4) is 0 Å². The second-order valence-corrected chi connectivity index (χ2v) is 5.40. The number of nitrogens with zero attached hydrogens (tertiary/aromatic N) is 2. The highest BCUT2D eigenvalue weighted by atomic mass is 16.5. The molecule has 0 radical (unpaired) electrons. The maximum atomic E-state index is 11.5. The highest BCUT2D eigenvalue weighted by Gasteiger charge is 2.43. The smallest absolute Gasteiger partial charge is 0.370 e. The van der Waals surface area contributed by atoms with Crippen LogP contribution >= 0.6 is 0 Å². The fourth-order valence-electron chi connectivity index (χ4n) is 2.28. The number of aliphatic carboxylic acids is 1. The van der Waals surface area contributed by atoms with Gasteiger partial charge in [0.25, 0.3) is 0 Å². The number of carboxylic acids is 1. The molecule has 1 aliphatic heterocycles. The molecule has 11 N–H and O–H groups in total. The molecule has 13 heteroatoms. The Morgan fingerprint density at radius 2 is 1.96 bits per heavy atom. The maximum absolute atomic E-state index is 11.5. The third-order valence-electron chi connectivity index (χ3n) is 3.33. The SMILES string of the molecule is CC(=O)N[C@H]1[C@H]([C@H](O)[C@H](O)CO)OC(C(=O)O)=C[C@@H]1N=C(N)N=C(N)N. The number of aliphatic hydroxyl groups is 3. The van der Waals surface area contributed by atoms with Gasteiger partial charge in [-0.25, -0.2) is 9.79 Å². The molecule has 13 nitrogen and oxygen atoms in total. The molecule has 0 fully saturated rings. The molecule has 0 aromatic heterocycles. The lowest BCUT2D eigenvalue weighted by atomic mass is 9.92. The van der Waals surface area contributed by atoms with Gasteiger partial charge in [0, 0.05) is 6.92 Å². The summed E-state index contributed by atoms with van der Waals surface area (Å²) < 4.78 is 5.17. The van der Waals surface area contributed by atoms with Crippen molar-refractivity contribution in [2.45, 2.75) is 37.3 Å². The Bertz CT molecular complexity index is 630. The Labute approximate surface area is 147 Å². The molecule has 5 atom stereocenters. The Balaban J connectivity index is 3.38. The topological polar surface area (TPSA) is 239 Å². The van der Waals surface area contributed by atoms with E-state index in [2.05, 4.69) is 15.3 Å². The molecule has 0 aromatic carbocycles. The van der Waals surface area contributed by atoms with Crippen LogP contribution in [0.3, 0.4) is 0 Å². The summed E-state index contributed by atoms with van der Waals surface area (Å²) in [6, 6.07) is -2.29. The predicted octanol–water partition coefficient (Wildman–Crippen LogP) is -4.47. The van der Waals surface area contributed by atoms with E-state index in [0.717, 1.165) is 6.08 Å². The lowest BCUT2D eigenvalue weighted by Gasteiger charge is -2.38. The second kappa shape index (κ2) is 8.98. The highest BCUT2D eigenvalue weighted by molar-refractivity contribution is 5.92. The van der Waals surface area contributed by atoms with Crippen LogP contribution in [0.4, 0.5) is 0 Å². The first kappa shape index (κ1) is 21.1. The average molecular weight is 374 g/mol. The van der Waals surface area contributed by atoms with Gasteiger partial charge in [-0.15, -0.1) is 0 Å². The first-order chi connectivity index (χ1) is 12.1. The van der Waals surface area contributed by atoms with E-state index in [1.54, 1.807) is 0 Å². The Kier molecular flexibility index (Phi) is 7.30. The zero-order valence-electron chi connectivity index (χ0n) is 13.8. The van der Waals surface area contributed by atoms with Crippen molar-refractivity contribution >= 4 is 23.8 Å². The molecule has 1 heterocycles. The third kappa shape index (κ3) is 5.58. The number of nitrogens with one attached hydrogen (secondary N) is 1. The van der Waals surface area contributed by atoms with Gasteiger partial charge in [-0.05, 0) is 6.08 Å². The molecule has 1 aliphatic rings. The van der Waals surface area contributed by atoms with Crippen LogP contribution in [0.25, 0.3) is 0 Å². The molecule has 0 aromatic rings. The molecule has 0 saturated carbocycles. The van der Waals surface area contributed by atoms with Crippen molar-refractivity contribution in [2.24, 2.45) is 27.2 Å². The highest BCUT2D eigenvalue weighted by Crippen LogP contribution is 2.25. The van der Waals surface area contributed by atoms with Crippen LogP contribution in [0, 0.1) is 0 Å². The maximum Gasteiger partial charge on any atom is 0.370 e. The van der Waals surface area contributed by atoms with E-state index in [9.17, 15) is 24.9 Å². The summed E-state index contributed by atoms with van der Waals surface area (Å²) in [5, 5.41) is 40.5. The standard InChI is InChI=1S/C13H22N6O7/c1-4(21)17-8-5(18-13(16)19-12(14)15)2-7(11(24)25)26-10(8)9(23)6(22)3-20/h2,5-6,8-10,20,22-23H,3H2,1H3,(H,17,21)(H,24,25)(H6,14,15,16,18,19)/t5-,6+,8+,9+,10+/m0/s1. The van der Waals surface area contributed by atoms with Crippen LogP contribution < -0.4 is 22.5 Å². The number of carbonyl (C=O) groups is 2. The van der Waals surface area contributed by atoms with Gasteiger partial charge < -0.3 is 47.7 Å². The first-order valence-corrected chi connectivity index (χ1v) is 7.35. The van der Waals surface area contributed by atoms with Crippen LogP contribution in [0.1, 0.15) is 6.92 Å². The van der Waals surface area contributed by atoms with E-state index in [4.69, 9.17) is 27.0 Å². The predicted molar refractivity (Wildman–Crippen MR) is 88.5 cm³/mol. The zero-order chi connectivity index (χ0) is 20.0. The number of nitrogens with two attached hydrogens (primary N) is 3. The van der Waals surface area contributed by atoms with Crippen LogP contribution in [-0.2, 0) is 14.3 Å². The number of amides is 1. The number of rotatable bonds is 6. The quantitative estimate of drug-likeness (QED) is 0.164. The van der Waals surface area contributed by atoms with E-state index >= 15 is 0 Å². The van der Waals surface area contributed by atoms with E-state index in [0.29, 0.717) is 0 Å². The number of carboxylic acid groups (broad SMARTS) is 1. The van der Waals surface area contributed by atoms with Gasteiger partial charge in [-0.1, -0.05) is 0 Å². The van der Waals surface area contributed by atoms with Gasteiger partial charge in [-0.2, -0.15) is 4.99 Å². The lowest BCUT2D eigenvalue weighted by molar-refractivity contribution is -0.145. The molecular formula is C13H22N6O7. The minimum Gasteiger partial charge on any atom is -0.478 e. The van der Waals surface area contributed by atoms with Crippen LogP contribution in [0.15, 0.2) is 21.8 Å². The summed E-state index contributed by atoms with van der Waals surface area (Å²) in [4.78, 5) is 30.2. The summed E-state index contributed by atoms with van der Waals surface area (Å²) in [6.07, 6.45) is -3.84. The van der Waals surface area contributed by atoms with Crippen LogP contribution in [0.5, 0.6) is 0 Å². The van der Waals surface area contributed by atoms with E-state index < -0.39 is 66.6 Å². The van der Waals surface area contributed by atoms with Gasteiger partial charge in [0.2, 0.25) is 17.6 Å². The van der Waals surface area contributed by atoms with Crippen molar-refractivity contribution < 1.29 is 34.8 Å². The number of aliphatic hydroxyl groups excluding tert-OH is 3. The van der Waals surface area contributed by atoms with Crippen LogP contribution in [0.2, 0.25) is 0 Å². The Morgan fingerprint density at radius 1 is 1.35 bits per heavy atom. The first-order valence-electron chi connectivity index (χ1n) is 7.35. The van der Waals surface area contributed by atoms with Crippen molar-refractivity contribution in [3.05, 3.63) is 11.8 Å². The van der Waals surface area contributed by atoms with Gasteiger partial charge >= 0.3 is 5.97 Å². The van der Waals surface area contributed by atoms with Crippen molar-refractivity contribution in [3.63, 3.8) is 0 Å². The van der Waals surface area contributed by atoms with E-state index in [1.807, 2.05) is 0 Å². The van der Waals surface area contributed by atoms with Crippen molar-refractivity contribution in [1.29, 1.82) is 0 Å². The van der Waals surface area contributed by atoms with E-state index in [1.165, 1.54) is 6.92 Å². The van der Waals surface area contributed by atoms with Gasteiger partial charge in [0.15, 0.2) is 5.96 Å². The number of ether oxygens (including phenoxy) is 1. The molecule has 0 bridgehead atoms. The molecule has 146 valence electrons. The Morgan fingerprint density at radius 3 is 2.42 bits per heavy atom. The molecule has 0 aliphatic carbocycles. The zero-order valence-corrected chi connectivity index (χ0v) is 13.8. The Hall–Kier alpha value is -2.90. The van der Waals surface area contributed by atoms with Crippen molar-refractivity contribution in [2.75, 3.05) is 6.61 Å². The summed E-state index contributed by atoms with van der Waals surface area (Å²) in [6.45, 7) is 0.340. The van der Waals surface area contributed by atoms with E-state index in [-0.39, 0.29) is 0 Å². The molecular weight excluding hydrogens is 352 g/mol. The number of carbonyl (C=O) groups excluding carboxylic acids is 1. The largest absolute Gasteiger partial charge is 0.478 e. The molecule has 1 rings (SSSR count). The fraction of sp³-hybridized carbons (Fsp3) is 0.538. The molecule has 0 spiro atoms. The summed E-state index contributed by atoms with van der Waals surface area (Å²) in [5.74, 6) is -3.45. The normalized spacial score (nSPS) is 25.3. The molecule has 0 saturated heterocycles. The molecule has 0 unspecified atom stereocenters. The fourth-order valence-corrected chi connectivity index (χ4v) is 2.28. The minimum absolute atomic E-state index is 0.399. The second-order valence-electron chi connectivity index (χ2n) is 5.40. The molecule has 1 amide bonds. The lowest BCUT2D eigenvalue weighted by Crippen LogP contribution is -2.59. The number of aliphatic imine (C=N–C) groups is 2. The third-order valence-corrected chi connectivity index (χ3v) is 3.33. The monoisotopic (exact) mass is 374 g/mol. The van der Waals surface area contributed by atoms with Gasteiger partial charge in [-0.3, -0.25) is 4.79 Å². The number of guanidine groups is 2. The van der Waals surface area contributed by atoms with Gasteiger partial charge in [0.1, 0.15) is 18.3 Å². The average Bonchev–Trinajstić information content (AvgIpc) is 2.53. The van der Waals surface area contributed by atoms with Crippen LogP contribution in [-0.4, -0.2) is 81.2 Å². The number of hydrogen-bond acceptors (Lipinski definition) is 7. The summed E-state index contributed by atoms with van der Waals surface area (Å²) >= 11 is 0. The number of hydrogen-bond donors (Lipinski definition) is 8.